The molecule has 0 bridgehead atoms. The Kier molecular flexibility index (Phi) is 2.50. The Hall–Kier alpha value is -1.02. The molecule has 1 fully saturated rings. The highest BCUT2D eigenvalue weighted by Crippen LogP contribution is 2.74. The molecule has 1 N–H and O–H groups in total. The molecule has 3 unspecified atom stereocenters. The average Bonchev–Trinajstić information content (AvgIpc) is 2.83. The Morgan fingerprint density at radius 1 is 1.33 bits per heavy atom. The highest BCUT2D eigenvalue weighted by Gasteiger charge is 2.74. The first-order valence-corrected chi connectivity index (χ1v) is 6.93. The summed E-state index contributed by atoms with van der Waals surface area (Å²) in [6.45, 7) is 9.10. The number of ether oxygens (including phenoxy) is 1. The maximum atomic E-state index is 5.91. The molecule has 1 aromatic carbocycles. The standard InChI is InChI=1S/C16H23NO/c1-11-10-18-13-8-6-5-7-12(13)16(11)14(9-17-4)15(16,2)3/h5-8,11,14,17H,9-10H2,1-4H3. The molecule has 0 amide bonds. The van der Waals surface area contributed by atoms with Gasteiger partial charge in [0.25, 0.3) is 0 Å². The minimum Gasteiger partial charge on any atom is -0.493 e. The summed E-state index contributed by atoms with van der Waals surface area (Å²) in [5.74, 6) is 2.39. The molecule has 1 aromatic rings. The van der Waals surface area contributed by atoms with Gasteiger partial charge in [0, 0.05) is 16.9 Å². The first-order chi connectivity index (χ1) is 8.56. The van der Waals surface area contributed by atoms with Crippen molar-refractivity contribution in [3.63, 3.8) is 0 Å². The lowest BCUT2D eigenvalue weighted by Gasteiger charge is -2.35. The summed E-state index contributed by atoms with van der Waals surface area (Å²) >= 11 is 0. The second kappa shape index (κ2) is 3.74. The van der Waals surface area contributed by atoms with Crippen molar-refractivity contribution in [2.24, 2.45) is 17.3 Å². The van der Waals surface area contributed by atoms with E-state index in [0.717, 1.165) is 18.9 Å². The van der Waals surface area contributed by atoms with Gasteiger partial charge in [0.2, 0.25) is 0 Å². The monoisotopic (exact) mass is 245 g/mol. The first-order valence-electron chi connectivity index (χ1n) is 6.93. The third kappa shape index (κ3) is 1.22. The molecule has 0 radical (unpaired) electrons. The summed E-state index contributed by atoms with van der Waals surface area (Å²) in [6, 6.07) is 8.61. The van der Waals surface area contributed by atoms with Gasteiger partial charge in [-0.1, -0.05) is 39.0 Å². The van der Waals surface area contributed by atoms with Gasteiger partial charge >= 0.3 is 0 Å². The van der Waals surface area contributed by atoms with Gasteiger partial charge in [0.1, 0.15) is 5.75 Å². The minimum atomic E-state index is 0.296. The molecule has 98 valence electrons. The van der Waals surface area contributed by atoms with Crippen LogP contribution in [0.1, 0.15) is 26.3 Å². The summed E-state index contributed by atoms with van der Waals surface area (Å²) < 4.78 is 5.91. The van der Waals surface area contributed by atoms with Crippen molar-refractivity contribution in [2.45, 2.75) is 26.2 Å². The molecule has 3 rings (SSSR count). The van der Waals surface area contributed by atoms with Crippen LogP contribution in [0.4, 0.5) is 0 Å². The van der Waals surface area contributed by atoms with Gasteiger partial charge in [-0.15, -0.1) is 0 Å². The summed E-state index contributed by atoms with van der Waals surface area (Å²) in [7, 11) is 2.05. The van der Waals surface area contributed by atoms with Crippen molar-refractivity contribution in [1.29, 1.82) is 0 Å². The van der Waals surface area contributed by atoms with Crippen LogP contribution < -0.4 is 10.1 Å². The largest absolute Gasteiger partial charge is 0.493 e. The Bertz CT molecular complexity index is 468. The fraction of sp³-hybridized carbons (Fsp3) is 0.625. The number of para-hydroxylation sites is 1. The van der Waals surface area contributed by atoms with Crippen molar-refractivity contribution in [1.82, 2.24) is 5.32 Å². The number of rotatable bonds is 2. The molecular formula is C16H23NO. The molecule has 1 heterocycles. The van der Waals surface area contributed by atoms with Crippen LogP contribution >= 0.6 is 0 Å². The molecular weight excluding hydrogens is 222 g/mol. The van der Waals surface area contributed by atoms with E-state index in [-0.39, 0.29) is 0 Å². The van der Waals surface area contributed by atoms with Crippen molar-refractivity contribution in [3.05, 3.63) is 29.8 Å². The van der Waals surface area contributed by atoms with E-state index < -0.39 is 0 Å². The van der Waals surface area contributed by atoms with Gasteiger partial charge in [-0.25, -0.2) is 0 Å². The normalized spacial score (nSPS) is 36.0. The quantitative estimate of drug-likeness (QED) is 0.865. The van der Waals surface area contributed by atoms with Gasteiger partial charge in [-0.05, 0) is 31.0 Å². The fourth-order valence-corrected chi connectivity index (χ4v) is 4.59. The van der Waals surface area contributed by atoms with Crippen LogP contribution in [-0.2, 0) is 5.41 Å². The lowest BCUT2D eigenvalue weighted by atomic mass is 9.76. The molecule has 1 aliphatic heterocycles. The second-order valence-electron chi connectivity index (χ2n) is 6.41. The summed E-state index contributed by atoms with van der Waals surface area (Å²) in [4.78, 5) is 0. The average molecular weight is 245 g/mol. The third-order valence-corrected chi connectivity index (χ3v) is 5.41. The second-order valence-corrected chi connectivity index (χ2v) is 6.41. The van der Waals surface area contributed by atoms with Crippen LogP contribution in [0.25, 0.3) is 0 Å². The Morgan fingerprint density at radius 2 is 2.06 bits per heavy atom. The van der Waals surface area contributed by atoms with Crippen LogP contribution in [0.15, 0.2) is 24.3 Å². The lowest BCUT2D eigenvalue weighted by Crippen LogP contribution is -2.34. The molecule has 0 aromatic heterocycles. The van der Waals surface area contributed by atoms with Crippen molar-refractivity contribution >= 4 is 0 Å². The number of fused-ring (bicyclic) bond motifs is 2. The molecule has 1 spiro atoms. The Labute approximate surface area is 110 Å². The Morgan fingerprint density at radius 3 is 2.78 bits per heavy atom. The van der Waals surface area contributed by atoms with Crippen molar-refractivity contribution in [3.8, 4) is 5.75 Å². The van der Waals surface area contributed by atoms with E-state index >= 15 is 0 Å². The van der Waals surface area contributed by atoms with Gasteiger partial charge < -0.3 is 10.1 Å². The van der Waals surface area contributed by atoms with Crippen molar-refractivity contribution in [2.75, 3.05) is 20.2 Å². The van der Waals surface area contributed by atoms with Gasteiger partial charge in [0.05, 0.1) is 6.61 Å². The van der Waals surface area contributed by atoms with Crippen LogP contribution in [0, 0.1) is 17.3 Å². The molecule has 0 saturated heterocycles. The van der Waals surface area contributed by atoms with E-state index in [4.69, 9.17) is 4.74 Å². The SMILES string of the molecule is CNCC1C(C)(C)C12c1ccccc1OCC2C. The van der Waals surface area contributed by atoms with E-state index in [1.165, 1.54) is 5.56 Å². The number of nitrogens with one attached hydrogen (secondary N) is 1. The van der Waals surface area contributed by atoms with Crippen LogP contribution in [0.2, 0.25) is 0 Å². The van der Waals surface area contributed by atoms with Crippen LogP contribution in [0.5, 0.6) is 5.75 Å². The Balaban J connectivity index is 2.12. The molecule has 1 saturated carbocycles. The number of benzene rings is 1. The van der Waals surface area contributed by atoms with Gasteiger partial charge in [-0.3, -0.25) is 0 Å². The van der Waals surface area contributed by atoms with E-state index in [0.29, 0.717) is 22.7 Å². The van der Waals surface area contributed by atoms with Crippen molar-refractivity contribution < 1.29 is 4.74 Å². The zero-order valence-electron chi connectivity index (χ0n) is 11.8. The lowest BCUT2D eigenvalue weighted by molar-refractivity contribution is 0.172. The predicted molar refractivity (Wildman–Crippen MR) is 74.0 cm³/mol. The molecule has 18 heavy (non-hydrogen) atoms. The number of hydrogen-bond acceptors (Lipinski definition) is 2. The summed E-state index contributed by atoms with van der Waals surface area (Å²) in [6.07, 6.45) is 0. The molecule has 2 aliphatic rings. The predicted octanol–water partition coefficient (Wildman–Crippen LogP) is 2.83. The van der Waals surface area contributed by atoms with Gasteiger partial charge in [-0.2, -0.15) is 0 Å². The van der Waals surface area contributed by atoms with Crippen LogP contribution in [-0.4, -0.2) is 20.2 Å². The van der Waals surface area contributed by atoms with E-state index in [1.54, 1.807) is 0 Å². The minimum absolute atomic E-state index is 0.296. The summed E-state index contributed by atoms with van der Waals surface area (Å²) in [5, 5.41) is 3.37. The third-order valence-electron chi connectivity index (χ3n) is 5.41. The number of hydrogen-bond donors (Lipinski definition) is 1. The molecule has 3 atom stereocenters. The zero-order valence-corrected chi connectivity index (χ0v) is 11.8. The smallest absolute Gasteiger partial charge is 0.123 e. The fourth-order valence-electron chi connectivity index (χ4n) is 4.59. The van der Waals surface area contributed by atoms with E-state index in [2.05, 4.69) is 57.4 Å². The summed E-state index contributed by atoms with van der Waals surface area (Å²) in [5.41, 5.74) is 2.08. The molecule has 2 heteroatoms. The van der Waals surface area contributed by atoms with E-state index in [1.807, 2.05) is 0 Å². The maximum Gasteiger partial charge on any atom is 0.123 e. The highest BCUT2D eigenvalue weighted by atomic mass is 16.5. The first kappa shape index (κ1) is 12.0. The molecule has 1 aliphatic carbocycles. The highest BCUT2D eigenvalue weighted by molar-refractivity contribution is 5.51. The van der Waals surface area contributed by atoms with E-state index in [9.17, 15) is 0 Å². The maximum absolute atomic E-state index is 5.91. The molecule has 2 nitrogen and oxygen atoms in total. The zero-order chi connectivity index (χ0) is 13.0. The van der Waals surface area contributed by atoms with Crippen LogP contribution in [0.3, 0.4) is 0 Å². The topological polar surface area (TPSA) is 21.3 Å². The van der Waals surface area contributed by atoms with Gasteiger partial charge in [0.15, 0.2) is 0 Å².